The normalized spacial score (nSPS) is 15.9. The van der Waals surface area contributed by atoms with Crippen LogP contribution in [0.15, 0.2) is 72.8 Å². The SMILES string of the molecule is O=C(/C=C/c1cccc2ccccc12)Nc1ccc(N2CCCS2(=O)=O)cc1. The Morgan fingerprint density at radius 3 is 2.46 bits per heavy atom. The number of nitrogens with zero attached hydrogens (tertiary/aromatic N) is 1. The van der Waals surface area contributed by atoms with Crippen molar-refractivity contribution in [3.63, 3.8) is 0 Å². The molecule has 1 aliphatic rings. The van der Waals surface area contributed by atoms with Gasteiger partial charge >= 0.3 is 0 Å². The maximum absolute atomic E-state index is 12.3. The zero-order chi connectivity index (χ0) is 19.6. The monoisotopic (exact) mass is 392 g/mol. The number of benzene rings is 3. The minimum Gasteiger partial charge on any atom is -0.323 e. The molecule has 1 amide bonds. The Labute approximate surface area is 164 Å². The van der Waals surface area contributed by atoms with Crippen molar-refractivity contribution < 1.29 is 13.2 Å². The van der Waals surface area contributed by atoms with Crippen LogP contribution in [0, 0.1) is 0 Å². The van der Waals surface area contributed by atoms with Crippen molar-refractivity contribution in [3.05, 3.63) is 78.4 Å². The highest BCUT2D eigenvalue weighted by atomic mass is 32.2. The zero-order valence-electron chi connectivity index (χ0n) is 15.2. The lowest BCUT2D eigenvalue weighted by molar-refractivity contribution is -0.111. The summed E-state index contributed by atoms with van der Waals surface area (Å²) in [6.45, 7) is 0.502. The second kappa shape index (κ2) is 7.48. The molecule has 0 atom stereocenters. The molecule has 1 fully saturated rings. The Morgan fingerprint density at radius 1 is 0.964 bits per heavy atom. The average Bonchev–Trinajstić information content (AvgIpc) is 3.06. The van der Waals surface area contributed by atoms with Crippen molar-refractivity contribution in [2.75, 3.05) is 21.9 Å². The molecule has 0 bridgehead atoms. The van der Waals surface area contributed by atoms with Gasteiger partial charge in [-0.05, 0) is 53.1 Å². The maximum atomic E-state index is 12.3. The van der Waals surface area contributed by atoms with E-state index in [1.807, 2.05) is 42.5 Å². The summed E-state index contributed by atoms with van der Waals surface area (Å²) in [6, 6.07) is 20.9. The van der Waals surface area contributed by atoms with Gasteiger partial charge in [-0.2, -0.15) is 0 Å². The highest BCUT2D eigenvalue weighted by Gasteiger charge is 2.28. The quantitative estimate of drug-likeness (QED) is 0.682. The summed E-state index contributed by atoms with van der Waals surface area (Å²) in [5.74, 6) is -0.0563. The van der Waals surface area contributed by atoms with Gasteiger partial charge in [-0.1, -0.05) is 42.5 Å². The van der Waals surface area contributed by atoms with E-state index in [0.29, 0.717) is 24.3 Å². The van der Waals surface area contributed by atoms with Gasteiger partial charge < -0.3 is 5.32 Å². The first-order valence-corrected chi connectivity index (χ1v) is 10.7. The lowest BCUT2D eigenvalue weighted by atomic mass is 10.0. The predicted molar refractivity (Wildman–Crippen MR) is 114 cm³/mol. The van der Waals surface area contributed by atoms with E-state index in [-0.39, 0.29) is 11.7 Å². The summed E-state index contributed by atoms with van der Waals surface area (Å²) in [5, 5.41) is 5.02. The van der Waals surface area contributed by atoms with Gasteiger partial charge in [0.2, 0.25) is 15.9 Å². The second-order valence-corrected chi connectivity index (χ2v) is 8.69. The van der Waals surface area contributed by atoms with Gasteiger partial charge in [-0.25, -0.2) is 8.42 Å². The molecule has 5 nitrogen and oxygen atoms in total. The standard InChI is InChI=1S/C22H20N2O3S/c25-22(14-9-18-7-3-6-17-5-1-2-8-21(17)18)23-19-10-12-20(13-11-19)24-15-4-16-28(24,26)27/h1-3,5-14H,4,15-16H2,(H,23,25)/b14-9+. The van der Waals surface area contributed by atoms with E-state index in [4.69, 9.17) is 0 Å². The molecule has 1 aliphatic heterocycles. The third-order valence-corrected chi connectivity index (χ3v) is 6.63. The van der Waals surface area contributed by atoms with Crippen LogP contribution in [-0.2, 0) is 14.8 Å². The number of hydrogen-bond donors (Lipinski definition) is 1. The summed E-state index contributed by atoms with van der Waals surface area (Å²) in [5.41, 5.74) is 2.22. The van der Waals surface area contributed by atoms with Crippen molar-refractivity contribution in [1.82, 2.24) is 0 Å². The van der Waals surface area contributed by atoms with Crippen LogP contribution in [-0.4, -0.2) is 26.6 Å². The Balaban J connectivity index is 1.46. The van der Waals surface area contributed by atoms with Crippen molar-refractivity contribution in [2.24, 2.45) is 0 Å². The summed E-state index contributed by atoms with van der Waals surface area (Å²) >= 11 is 0. The summed E-state index contributed by atoms with van der Waals surface area (Å²) in [4.78, 5) is 12.3. The van der Waals surface area contributed by atoms with Crippen molar-refractivity contribution >= 4 is 44.2 Å². The van der Waals surface area contributed by atoms with Crippen LogP contribution < -0.4 is 9.62 Å². The number of hydrogen-bond acceptors (Lipinski definition) is 3. The molecule has 28 heavy (non-hydrogen) atoms. The smallest absolute Gasteiger partial charge is 0.248 e. The van der Waals surface area contributed by atoms with Gasteiger partial charge in [0.05, 0.1) is 11.4 Å². The minimum absolute atomic E-state index is 0.185. The first-order valence-electron chi connectivity index (χ1n) is 9.10. The van der Waals surface area contributed by atoms with Crippen LogP contribution in [0.4, 0.5) is 11.4 Å². The minimum atomic E-state index is -3.20. The maximum Gasteiger partial charge on any atom is 0.248 e. The van der Waals surface area contributed by atoms with Crippen LogP contribution in [0.5, 0.6) is 0 Å². The number of nitrogens with one attached hydrogen (secondary N) is 1. The van der Waals surface area contributed by atoms with Gasteiger partial charge in [0.15, 0.2) is 0 Å². The Hall–Kier alpha value is -3.12. The Kier molecular flexibility index (Phi) is 4.88. The van der Waals surface area contributed by atoms with E-state index in [0.717, 1.165) is 16.3 Å². The molecule has 0 radical (unpaired) electrons. The molecule has 6 heteroatoms. The fourth-order valence-electron chi connectivity index (χ4n) is 3.39. The molecule has 4 rings (SSSR count). The molecule has 1 saturated heterocycles. The van der Waals surface area contributed by atoms with Gasteiger partial charge in [0, 0.05) is 18.3 Å². The molecule has 0 spiro atoms. The van der Waals surface area contributed by atoms with Crippen molar-refractivity contribution in [1.29, 1.82) is 0 Å². The van der Waals surface area contributed by atoms with E-state index >= 15 is 0 Å². The molecular formula is C22H20N2O3S. The topological polar surface area (TPSA) is 66.5 Å². The fourth-order valence-corrected chi connectivity index (χ4v) is 4.95. The molecule has 0 saturated carbocycles. The van der Waals surface area contributed by atoms with Gasteiger partial charge in [0.25, 0.3) is 0 Å². The van der Waals surface area contributed by atoms with Crippen molar-refractivity contribution in [2.45, 2.75) is 6.42 Å². The molecule has 0 aromatic heterocycles. The lowest BCUT2D eigenvalue weighted by Crippen LogP contribution is -2.24. The average molecular weight is 392 g/mol. The molecule has 0 aliphatic carbocycles. The van der Waals surface area contributed by atoms with Crippen molar-refractivity contribution in [3.8, 4) is 0 Å². The van der Waals surface area contributed by atoms with Crippen LogP contribution >= 0.6 is 0 Å². The van der Waals surface area contributed by atoms with Gasteiger partial charge in [-0.15, -0.1) is 0 Å². The molecule has 1 N–H and O–H groups in total. The first kappa shape index (κ1) is 18.3. The van der Waals surface area contributed by atoms with Gasteiger partial charge in [0.1, 0.15) is 0 Å². The summed E-state index contributed by atoms with van der Waals surface area (Å²) in [6.07, 6.45) is 3.93. The highest BCUT2D eigenvalue weighted by molar-refractivity contribution is 7.93. The van der Waals surface area contributed by atoms with E-state index in [2.05, 4.69) is 5.32 Å². The van der Waals surface area contributed by atoms with Gasteiger partial charge in [-0.3, -0.25) is 9.10 Å². The number of sulfonamides is 1. The fraction of sp³-hybridized carbons (Fsp3) is 0.136. The largest absolute Gasteiger partial charge is 0.323 e. The zero-order valence-corrected chi connectivity index (χ0v) is 16.0. The molecule has 1 heterocycles. The number of rotatable bonds is 4. The third-order valence-electron chi connectivity index (χ3n) is 4.76. The van der Waals surface area contributed by atoms with Crippen LogP contribution in [0.25, 0.3) is 16.8 Å². The number of carbonyl (C=O) groups excluding carboxylic acids is 1. The highest BCUT2D eigenvalue weighted by Crippen LogP contribution is 2.25. The van der Waals surface area contributed by atoms with Crippen LogP contribution in [0.1, 0.15) is 12.0 Å². The summed E-state index contributed by atoms with van der Waals surface area (Å²) < 4.78 is 25.4. The summed E-state index contributed by atoms with van der Waals surface area (Å²) in [7, 11) is -3.20. The second-order valence-electron chi connectivity index (χ2n) is 6.68. The molecule has 3 aromatic rings. The number of anilines is 2. The third kappa shape index (κ3) is 3.77. The lowest BCUT2D eigenvalue weighted by Gasteiger charge is -2.17. The van der Waals surface area contributed by atoms with E-state index in [1.54, 1.807) is 30.3 Å². The van der Waals surface area contributed by atoms with E-state index < -0.39 is 10.0 Å². The van der Waals surface area contributed by atoms with E-state index in [1.165, 1.54) is 10.4 Å². The predicted octanol–water partition coefficient (Wildman–Crippen LogP) is 4.03. The first-order chi connectivity index (χ1) is 13.5. The molecular weight excluding hydrogens is 372 g/mol. The van der Waals surface area contributed by atoms with E-state index in [9.17, 15) is 13.2 Å². The Bertz CT molecular complexity index is 1150. The molecule has 3 aromatic carbocycles. The molecule has 142 valence electrons. The number of amides is 1. The Morgan fingerprint density at radius 2 is 1.71 bits per heavy atom. The number of fused-ring (bicyclic) bond motifs is 1. The molecule has 0 unspecified atom stereocenters. The number of carbonyl (C=O) groups is 1. The van der Waals surface area contributed by atoms with Crippen LogP contribution in [0.3, 0.4) is 0 Å². The van der Waals surface area contributed by atoms with Crippen LogP contribution in [0.2, 0.25) is 0 Å².